The molecule has 0 radical (unpaired) electrons. The van der Waals surface area contributed by atoms with Gasteiger partial charge in [-0.05, 0) is 6.42 Å². The number of hydrogen-bond donors (Lipinski definition) is 1. The van der Waals surface area contributed by atoms with E-state index in [0.717, 1.165) is 18.4 Å². The summed E-state index contributed by atoms with van der Waals surface area (Å²) in [6.45, 7) is 2.72. The lowest BCUT2D eigenvalue weighted by atomic mass is 10.3. The van der Waals surface area contributed by atoms with Crippen molar-refractivity contribution in [3.63, 3.8) is 0 Å². The average molecular weight is 221 g/mol. The van der Waals surface area contributed by atoms with Crippen LogP contribution in [-0.2, 0) is 20.0 Å². The van der Waals surface area contributed by atoms with Crippen LogP contribution in [0.15, 0.2) is 16.8 Å². The predicted octanol–water partition coefficient (Wildman–Crippen LogP) is 1.37. The zero-order chi connectivity index (χ0) is 11.4. The molecule has 0 aliphatic carbocycles. The molecule has 6 nitrogen and oxygen atoms in total. The van der Waals surface area contributed by atoms with Gasteiger partial charge in [-0.25, -0.2) is 0 Å². The van der Waals surface area contributed by atoms with Gasteiger partial charge in [0, 0.05) is 31.8 Å². The molecule has 0 aliphatic heterocycles. The number of nitrogens with zero attached hydrogens (tertiary/aromatic N) is 4. The fraction of sp³-hybridized carbons (Fsp3) is 0.500. The Morgan fingerprint density at radius 1 is 1.44 bits per heavy atom. The van der Waals surface area contributed by atoms with Gasteiger partial charge < -0.3 is 9.73 Å². The van der Waals surface area contributed by atoms with E-state index in [1.807, 2.05) is 13.2 Å². The summed E-state index contributed by atoms with van der Waals surface area (Å²) in [7, 11) is 1.88. The van der Waals surface area contributed by atoms with Gasteiger partial charge >= 0.3 is 6.01 Å². The molecule has 0 spiro atoms. The smallest absolute Gasteiger partial charge is 0.315 e. The van der Waals surface area contributed by atoms with Crippen LogP contribution in [-0.4, -0.2) is 20.0 Å². The van der Waals surface area contributed by atoms with Gasteiger partial charge in [0.15, 0.2) is 0 Å². The largest absolute Gasteiger partial charge is 0.408 e. The monoisotopic (exact) mass is 221 g/mol. The highest BCUT2D eigenvalue weighted by Crippen LogP contribution is 2.08. The molecule has 0 bridgehead atoms. The van der Waals surface area contributed by atoms with Crippen LogP contribution in [0.25, 0.3) is 0 Å². The summed E-state index contributed by atoms with van der Waals surface area (Å²) < 4.78 is 7.15. The minimum atomic E-state index is 0.465. The molecule has 2 heterocycles. The van der Waals surface area contributed by atoms with Gasteiger partial charge in [-0.15, -0.1) is 5.10 Å². The molecule has 0 aliphatic rings. The quantitative estimate of drug-likeness (QED) is 0.825. The second kappa shape index (κ2) is 4.78. The number of hydrogen-bond acceptors (Lipinski definition) is 5. The van der Waals surface area contributed by atoms with Crippen LogP contribution < -0.4 is 5.32 Å². The van der Waals surface area contributed by atoms with Gasteiger partial charge in [0.25, 0.3) is 0 Å². The fourth-order valence-corrected chi connectivity index (χ4v) is 1.38. The summed E-state index contributed by atoms with van der Waals surface area (Å²) >= 11 is 0. The van der Waals surface area contributed by atoms with E-state index < -0.39 is 0 Å². The zero-order valence-electron chi connectivity index (χ0n) is 9.47. The van der Waals surface area contributed by atoms with Crippen LogP contribution in [0.2, 0.25) is 0 Å². The summed E-state index contributed by atoms with van der Waals surface area (Å²) in [5, 5.41) is 15.0. The first-order valence-corrected chi connectivity index (χ1v) is 5.31. The topological polar surface area (TPSA) is 68.8 Å². The fourth-order valence-electron chi connectivity index (χ4n) is 1.38. The Bertz CT molecular complexity index is 448. The van der Waals surface area contributed by atoms with Gasteiger partial charge in [-0.1, -0.05) is 12.0 Å². The minimum Gasteiger partial charge on any atom is -0.408 e. The molecule has 1 N–H and O–H groups in total. The van der Waals surface area contributed by atoms with E-state index in [4.69, 9.17) is 4.42 Å². The Morgan fingerprint density at radius 2 is 2.31 bits per heavy atom. The number of aryl methyl sites for hydroxylation is 2. The molecule has 0 unspecified atom stereocenters. The average Bonchev–Trinajstić information content (AvgIpc) is 2.85. The van der Waals surface area contributed by atoms with E-state index in [1.165, 1.54) is 0 Å². The summed E-state index contributed by atoms with van der Waals surface area (Å²) in [5.41, 5.74) is 1.08. The molecule has 0 saturated carbocycles. The molecule has 0 amide bonds. The molecule has 16 heavy (non-hydrogen) atoms. The van der Waals surface area contributed by atoms with Crippen molar-refractivity contribution in [2.75, 3.05) is 5.32 Å². The highest BCUT2D eigenvalue weighted by atomic mass is 16.4. The second-order valence-electron chi connectivity index (χ2n) is 3.63. The molecule has 2 rings (SSSR count). The SMILES string of the molecule is CCCc1nnc(NCc2cnn(C)c2)o1. The standard InChI is InChI=1S/C10H15N5O/c1-3-4-9-13-14-10(16-9)11-5-8-6-12-15(2)7-8/h6-7H,3-5H2,1-2H3,(H,11,14). The van der Waals surface area contributed by atoms with E-state index >= 15 is 0 Å². The van der Waals surface area contributed by atoms with Crippen molar-refractivity contribution in [1.29, 1.82) is 0 Å². The van der Waals surface area contributed by atoms with E-state index in [-0.39, 0.29) is 0 Å². The van der Waals surface area contributed by atoms with Crippen molar-refractivity contribution >= 4 is 6.01 Å². The third-order valence-electron chi connectivity index (χ3n) is 2.13. The zero-order valence-corrected chi connectivity index (χ0v) is 9.47. The third-order valence-corrected chi connectivity index (χ3v) is 2.13. The first-order valence-electron chi connectivity index (χ1n) is 5.31. The van der Waals surface area contributed by atoms with E-state index in [2.05, 4.69) is 27.5 Å². The minimum absolute atomic E-state index is 0.465. The van der Waals surface area contributed by atoms with Crippen LogP contribution in [0.4, 0.5) is 6.01 Å². The molecule has 86 valence electrons. The molecule has 0 saturated heterocycles. The Hall–Kier alpha value is -1.85. The van der Waals surface area contributed by atoms with Crippen molar-refractivity contribution in [2.45, 2.75) is 26.3 Å². The van der Waals surface area contributed by atoms with Crippen molar-refractivity contribution in [3.05, 3.63) is 23.8 Å². The molecular formula is C10H15N5O. The van der Waals surface area contributed by atoms with Crippen LogP contribution in [0.5, 0.6) is 0 Å². The molecule has 6 heteroatoms. The Kier molecular flexibility index (Phi) is 3.19. The lowest BCUT2D eigenvalue weighted by molar-refractivity contribution is 0.501. The number of rotatable bonds is 5. The maximum Gasteiger partial charge on any atom is 0.315 e. The molecule has 0 fully saturated rings. The van der Waals surface area contributed by atoms with Gasteiger partial charge in [0.05, 0.1) is 6.20 Å². The molecule has 2 aromatic heterocycles. The van der Waals surface area contributed by atoms with Crippen molar-refractivity contribution in [3.8, 4) is 0 Å². The molecule has 0 aromatic carbocycles. The summed E-state index contributed by atoms with van der Waals surface area (Å²) in [6, 6.07) is 0.465. The summed E-state index contributed by atoms with van der Waals surface area (Å²) in [5.74, 6) is 0.677. The van der Waals surface area contributed by atoms with Crippen LogP contribution in [0, 0.1) is 0 Å². The maximum atomic E-state index is 5.39. The van der Waals surface area contributed by atoms with Crippen LogP contribution >= 0.6 is 0 Å². The lowest BCUT2D eigenvalue weighted by Crippen LogP contribution is -1.98. The summed E-state index contributed by atoms with van der Waals surface area (Å²) in [6.07, 6.45) is 5.57. The Morgan fingerprint density at radius 3 is 3.00 bits per heavy atom. The number of nitrogens with one attached hydrogen (secondary N) is 1. The third kappa shape index (κ3) is 2.59. The van der Waals surface area contributed by atoms with E-state index in [9.17, 15) is 0 Å². The lowest BCUT2D eigenvalue weighted by Gasteiger charge is -1.96. The first-order chi connectivity index (χ1) is 7.78. The van der Waals surface area contributed by atoms with Gasteiger partial charge in [0.2, 0.25) is 5.89 Å². The van der Waals surface area contributed by atoms with Crippen molar-refractivity contribution in [2.24, 2.45) is 7.05 Å². The number of anilines is 1. The van der Waals surface area contributed by atoms with E-state index in [0.29, 0.717) is 18.5 Å². The molecular weight excluding hydrogens is 206 g/mol. The first kappa shape index (κ1) is 10.7. The van der Waals surface area contributed by atoms with Crippen molar-refractivity contribution in [1.82, 2.24) is 20.0 Å². The van der Waals surface area contributed by atoms with Crippen LogP contribution in [0.1, 0.15) is 24.8 Å². The van der Waals surface area contributed by atoms with Gasteiger partial charge in [0.1, 0.15) is 0 Å². The maximum absolute atomic E-state index is 5.39. The van der Waals surface area contributed by atoms with Gasteiger partial charge in [-0.3, -0.25) is 4.68 Å². The van der Waals surface area contributed by atoms with E-state index in [1.54, 1.807) is 10.9 Å². The van der Waals surface area contributed by atoms with Gasteiger partial charge in [-0.2, -0.15) is 5.10 Å². The normalized spacial score (nSPS) is 10.6. The number of aromatic nitrogens is 4. The highest BCUT2D eigenvalue weighted by molar-refractivity contribution is 5.20. The van der Waals surface area contributed by atoms with Crippen molar-refractivity contribution < 1.29 is 4.42 Å². The highest BCUT2D eigenvalue weighted by Gasteiger charge is 2.04. The molecule has 0 atom stereocenters. The second-order valence-corrected chi connectivity index (χ2v) is 3.63. The van der Waals surface area contributed by atoms with Crippen LogP contribution in [0.3, 0.4) is 0 Å². The molecule has 2 aromatic rings. The Balaban J connectivity index is 1.89. The predicted molar refractivity (Wildman–Crippen MR) is 58.8 cm³/mol. The summed E-state index contributed by atoms with van der Waals surface area (Å²) in [4.78, 5) is 0. The Labute approximate surface area is 93.7 Å².